The van der Waals surface area contributed by atoms with E-state index >= 15 is 0 Å². The van der Waals surface area contributed by atoms with Gasteiger partial charge in [0.1, 0.15) is 6.61 Å². The number of nitrogens with zero attached hydrogens (tertiary/aromatic N) is 1. The highest BCUT2D eigenvalue weighted by Gasteiger charge is 2.21. The van der Waals surface area contributed by atoms with Crippen molar-refractivity contribution < 1.29 is 19.0 Å². The van der Waals surface area contributed by atoms with E-state index in [4.69, 9.17) is 9.84 Å². The normalized spacial score (nSPS) is 17.1. The maximum absolute atomic E-state index is 13.3. The fraction of sp³-hybridized carbons (Fsp3) is 0.533. The predicted octanol–water partition coefficient (Wildman–Crippen LogP) is 2.39. The summed E-state index contributed by atoms with van der Waals surface area (Å²) in [5.41, 5.74) is 0. The number of carboxylic acid groups (broad SMARTS) is 1. The lowest BCUT2D eigenvalue weighted by Crippen LogP contribution is -2.37. The zero-order valence-electron chi connectivity index (χ0n) is 11.4. The van der Waals surface area contributed by atoms with Crippen molar-refractivity contribution in [1.29, 1.82) is 0 Å². The van der Waals surface area contributed by atoms with Crippen LogP contribution in [0.15, 0.2) is 24.3 Å². The van der Waals surface area contributed by atoms with Crippen LogP contribution in [0.3, 0.4) is 0 Å². The first-order chi connectivity index (χ1) is 9.65. The van der Waals surface area contributed by atoms with Crippen LogP contribution in [0, 0.1) is 11.7 Å². The van der Waals surface area contributed by atoms with Gasteiger partial charge in [0.25, 0.3) is 0 Å². The van der Waals surface area contributed by atoms with Gasteiger partial charge in [-0.1, -0.05) is 12.1 Å². The van der Waals surface area contributed by atoms with Crippen LogP contribution in [0.1, 0.15) is 19.3 Å². The Bertz CT molecular complexity index is 444. The Balaban J connectivity index is 1.66. The molecule has 1 saturated heterocycles. The quantitative estimate of drug-likeness (QED) is 0.870. The summed E-state index contributed by atoms with van der Waals surface area (Å²) < 4.78 is 18.8. The molecule has 0 spiro atoms. The Morgan fingerprint density at radius 1 is 1.35 bits per heavy atom. The highest BCUT2D eigenvalue weighted by atomic mass is 19.1. The van der Waals surface area contributed by atoms with Gasteiger partial charge in [0.15, 0.2) is 11.6 Å². The summed E-state index contributed by atoms with van der Waals surface area (Å²) in [5, 5.41) is 8.76. The van der Waals surface area contributed by atoms with Gasteiger partial charge in [-0.2, -0.15) is 0 Å². The van der Waals surface area contributed by atoms with Crippen LogP contribution >= 0.6 is 0 Å². The van der Waals surface area contributed by atoms with Gasteiger partial charge >= 0.3 is 5.97 Å². The Kier molecular flexibility index (Phi) is 5.35. The van der Waals surface area contributed by atoms with Crippen LogP contribution in [0.25, 0.3) is 0 Å². The van der Waals surface area contributed by atoms with Gasteiger partial charge in [-0.05, 0) is 44.0 Å². The smallest absolute Gasteiger partial charge is 0.303 e. The van der Waals surface area contributed by atoms with Crippen LogP contribution in [0.2, 0.25) is 0 Å². The van der Waals surface area contributed by atoms with Crippen molar-refractivity contribution in [2.45, 2.75) is 19.3 Å². The maximum atomic E-state index is 13.3. The van der Waals surface area contributed by atoms with Gasteiger partial charge in [0.05, 0.1) is 0 Å². The molecule has 2 rings (SSSR count). The van der Waals surface area contributed by atoms with E-state index in [-0.39, 0.29) is 23.9 Å². The second-order valence-corrected chi connectivity index (χ2v) is 5.16. The van der Waals surface area contributed by atoms with Crippen molar-refractivity contribution in [1.82, 2.24) is 4.90 Å². The molecule has 1 heterocycles. The average molecular weight is 281 g/mol. The monoisotopic (exact) mass is 281 g/mol. The number of para-hydroxylation sites is 1. The Morgan fingerprint density at radius 2 is 2.05 bits per heavy atom. The van der Waals surface area contributed by atoms with Crippen molar-refractivity contribution in [3.8, 4) is 5.75 Å². The molecule has 1 aliphatic heterocycles. The molecule has 20 heavy (non-hydrogen) atoms. The van der Waals surface area contributed by atoms with E-state index in [0.717, 1.165) is 32.5 Å². The van der Waals surface area contributed by atoms with E-state index in [0.29, 0.717) is 6.61 Å². The summed E-state index contributed by atoms with van der Waals surface area (Å²) in [5.74, 6) is -0.483. The maximum Gasteiger partial charge on any atom is 0.303 e. The number of likely N-dealkylation sites (tertiary alicyclic amines) is 1. The molecule has 0 aliphatic carbocycles. The first-order valence-corrected chi connectivity index (χ1v) is 6.96. The number of benzene rings is 1. The van der Waals surface area contributed by atoms with Crippen molar-refractivity contribution in [2.24, 2.45) is 5.92 Å². The molecule has 0 bridgehead atoms. The molecule has 0 saturated carbocycles. The van der Waals surface area contributed by atoms with Crippen molar-refractivity contribution >= 4 is 5.97 Å². The molecule has 0 amide bonds. The number of rotatable bonds is 6. The molecule has 0 aromatic heterocycles. The molecule has 1 N–H and O–H groups in total. The molecule has 1 fully saturated rings. The van der Waals surface area contributed by atoms with E-state index in [2.05, 4.69) is 4.90 Å². The van der Waals surface area contributed by atoms with E-state index in [1.165, 1.54) is 6.07 Å². The number of piperidine rings is 1. The van der Waals surface area contributed by atoms with E-state index < -0.39 is 5.97 Å². The van der Waals surface area contributed by atoms with Crippen molar-refractivity contribution in [2.75, 3.05) is 26.2 Å². The van der Waals surface area contributed by atoms with Crippen molar-refractivity contribution in [3.05, 3.63) is 30.1 Å². The molecule has 1 aromatic rings. The molecule has 1 aliphatic rings. The highest BCUT2D eigenvalue weighted by molar-refractivity contribution is 5.67. The van der Waals surface area contributed by atoms with Crippen molar-refractivity contribution in [3.63, 3.8) is 0 Å². The second-order valence-electron chi connectivity index (χ2n) is 5.16. The van der Waals surface area contributed by atoms with Crippen LogP contribution in [0.5, 0.6) is 5.75 Å². The Hall–Kier alpha value is -1.62. The third kappa shape index (κ3) is 4.49. The minimum Gasteiger partial charge on any atom is -0.489 e. The zero-order valence-corrected chi connectivity index (χ0v) is 11.4. The molecule has 1 aromatic carbocycles. The molecule has 4 nitrogen and oxygen atoms in total. The fourth-order valence-electron chi connectivity index (χ4n) is 2.51. The molecule has 110 valence electrons. The number of ether oxygens (including phenoxy) is 1. The van der Waals surface area contributed by atoms with Gasteiger partial charge in [0, 0.05) is 13.0 Å². The number of aliphatic carboxylic acids is 1. The first-order valence-electron chi connectivity index (χ1n) is 6.96. The second kappa shape index (κ2) is 7.24. The lowest BCUT2D eigenvalue weighted by Gasteiger charge is -2.31. The largest absolute Gasteiger partial charge is 0.489 e. The lowest BCUT2D eigenvalue weighted by molar-refractivity contribution is -0.138. The van der Waals surface area contributed by atoms with Gasteiger partial charge < -0.3 is 9.84 Å². The zero-order chi connectivity index (χ0) is 14.4. The summed E-state index contributed by atoms with van der Waals surface area (Å²) in [4.78, 5) is 12.9. The summed E-state index contributed by atoms with van der Waals surface area (Å²) in [6.45, 7) is 2.97. The summed E-state index contributed by atoms with van der Waals surface area (Å²) in [7, 11) is 0. The summed E-state index contributed by atoms with van der Waals surface area (Å²) in [6.07, 6.45) is 2.08. The van der Waals surface area contributed by atoms with E-state index in [1.54, 1.807) is 18.2 Å². The Morgan fingerprint density at radius 3 is 2.70 bits per heavy atom. The van der Waals surface area contributed by atoms with Crippen LogP contribution in [-0.2, 0) is 4.79 Å². The Labute approximate surface area is 118 Å². The number of hydrogen-bond donors (Lipinski definition) is 1. The molecule has 0 unspecified atom stereocenters. The number of carbonyl (C=O) groups is 1. The summed E-state index contributed by atoms with van der Waals surface area (Å²) in [6, 6.07) is 6.38. The third-order valence-electron chi connectivity index (χ3n) is 3.67. The molecular weight excluding hydrogens is 261 g/mol. The number of carboxylic acids is 1. The fourth-order valence-corrected chi connectivity index (χ4v) is 2.51. The van der Waals surface area contributed by atoms with Crippen LogP contribution in [-0.4, -0.2) is 42.2 Å². The highest BCUT2D eigenvalue weighted by Crippen LogP contribution is 2.20. The topological polar surface area (TPSA) is 49.8 Å². The van der Waals surface area contributed by atoms with Gasteiger partial charge in [0.2, 0.25) is 0 Å². The van der Waals surface area contributed by atoms with Crippen LogP contribution in [0.4, 0.5) is 4.39 Å². The molecule has 5 heteroatoms. The number of halogens is 1. The van der Waals surface area contributed by atoms with Crippen LogP contribution < -0.4 is 4.74 Å². The molecule has 0 radical (unpaired) electrons. The van der Waals surface area contributed by atoms with Gasteiger partial charge in [-0.25, -0.2) is 4.39 Å². The predicted molar refractivity (Wildman–Crippen MR) is 73.3 cm³/mol. The SMILES string of the molecule is O=C(O)CC1CCN(CCOc2ccccc2F)CC1. The average Bonchev–Trinajstić information content (AvgIpc) is 2.42. The van der Waals surface area contributed by atoms with Gasteiger partial charge in [-0.15, -0.1) is 0 Å². The lowest BCUT2D eigenvalue weighted by atomic mass is 9.94. The first kappa shape index (κ1) is 14.8. The minimum atomic E-state index is -0.716. The molecule has 0 atom stereocenters. The van der Waals surface area contributed by atoms with E-state index in [1.807, 2.05) is 0 Å². The van der Waals surface area contributed by atoms with E-state index in [9.17, 15) is 9.18 Å². The molecular formula is C15H20FNO3. The third-order valence-corrected chi connectivity index (χ3v) is 3.67. The van der Waals surface area contributed by atoms with Gasteiger partial charge in [-0.3, -0.25) is 9.69 Å². The number of hydrogen-bond acceptors (Lipinski definition) is 3. The minimum absolute atomic E-state index is 0.263. The standard InChI is InChI=1S/C15H20FNO3/c16-13-3-1-2-4-14(13)20-10-9-17-7-5-12(6-8-17)11-15(18)19/h1-4,12H,5-11H2,(H,18,19). The summed E-state index contributed by atoms with van der Waals surface area (Å²) >= 11 is 0.